The molecule has 0 aromatic carbocycles. The molecule has 0 aliphatic carbocycles. The fourth-order valence-electron chi connectivity index (χ4n) is 3.07. The van der Waals surface area contributed by atoms with Gasteiger partial charge in [-0.05, 0) is 0 Å². The predicted octanol–water partition coefficient (Wildman–Crippen LogP) is 0.616. The molecule has 1 saturated heterocycles. The minimum absolute atomic E-state index is 0.182. The molecule has 1 fully saturated rings. The number of nitrogens with zero attached hydrogens (tertiary/aromatic N) is 6. The van der Waals surface area contributed by atoms with Crippen LogP contribution in [0.4, 0.5) is 16.2 Å². The molecule has 2 aromatic rings. The number of thioether (sulfide) groups is 1. The van der Waals surface area contributed by atoms with Gasteiger partial charge in [-0.2, -0.15) is 0 Å². The third-order valence-electron chi connectivity index (χ3n) is 4.11. The number of halogens is 1. The summed E-state index contributed by atoms with van der Waals surface area (Å²) in [5.41, 5.74) is 6.21. The molecule has 2 atom stereocenters. The van der Waals surface area contributed by atoms with E-state index < -0.39 is 5.82 Å². The Morgan fingerprint density at radius 1 is 1.17 bits per heavy atom. The number of fused-ring (bicyclic) bond motifs is 1. The quantitative estimate of drug-likeness (QED) is 0.807. The van der Waals surface area contributed by atoms with Gasteiger partial charge in [0.1, 0.15) is 18.4 Å². The SMILES string of the molecule is NC1=[N+](c2cnccn2)[C@H]2CN(c3ncc(F)cn3)C[C@H]2CS1. The van der Waals surface area contributed by atoms with E-state index in [1.165, 1.54) is 12.4 Å². The van der Waals surface area contributed by atoms with E-state index in [0.29, 0.717) is 18.4 Å². The van der Waals surface area contributed by atoms with Crippen molar-refractivity contribution in [2.75, 3.05) is 23.7 Å². The summed E-state index contributed by atoms with van der Waals surface area (Å²) in [6.45, 7) is 1.53. The Bertz CT molecular complexity index is 737. The van der Waals surface area contributed by atoms with E-state index in [4.69, 9.17) is 5.73 Å². The number of hydrogen-bond acceptors (Lipinski definition) is 7. The van der Waals surface area contributed by atoms with Crippen LogP contribution in [-0.2, 0) is 0 Å². The number of rotatable bonds is 2. The molecule has 0 saturated carbocycles. The first-order valence-corrected chi connectivity index (χ1v) is 8.24. The van der Waals surface area contributed by atoms with Gasteiger partial charge in [0.15, 0.2) is 5.82 Å². The maximum absolute atomic E-state index is 13.0. The number of hydrogen-bond donors (Lipinski definition) is 1. The van der Waals surface area contributed by atoms with Crippen LogP contribution in [0.15, 0.2) is 31.0 Å². The van der Waals surface area contributed by atoms with Gasteiger partial charge in [-0.1, -0.05) is 11.8 Å². The Kier molecular flexibility index (Phi) is 3.56. The van der Waals surface area contributed by atoms with Crippen LogP contribution in [0.5, 0.6) is 0 Å². The number of anilines is 1. The van der Waals surface area contributed by atoms with E-state index in [1.54, 1.807) is 30.4 Å². The fraction of sp³-hybridized carbons (Fsp3) is 0.357. The summed E-state index contributed by atoms with van der Waals surface area (Å²) < 4.78 is 15.1. The van der Waals surface area contributed by atoms with E-state index in [2.05, 4.69) is 24.8 Å². The van der Waals surface area contributed by atoms with Crippen LogP contribution in [-0.4, -0.2) is 54.6 Å². The normalized spacial score (nSPS) is 24.0. The molecule has 0 radical (unpaired) electrons. The Balaban J connectivity index is 1.64. The van der Waals surface area contributed by atoms with Gasteiger partial charge in [0.05, 0.1) is 25.1 Å². The first-order valence-electron chi connectivity index (χ1n) is 7.25. The van der Waals surface area contributed by atoms with Crippen molar-refractivity contribution in [2.45, 2.75) is 6.04 Å². The predicted molar refractivity (Wildman–Crippen MR) is 85.1 cm³/mol. The van der Waals surface area contributed by atoms with Crippen molar-refractivity contribution >= 4 is 28.7 Å². The zero-order chi connectivity index (χ0) is 15.8. The Hall–Kier alpha value is -2.29. The Morgan fingerprint density at radius 3 is 2.74 bits per heavy atom. The zero-order valence-electron chi connectivity index (χ0n) is 12.2. The molecule has 118 valence electrons. The first-order chi connectivity index (χ1) is 11.2. The monoisotopic (exact) mass is 332 g/mol. The lowest BCUT2D eigenvalue weighted by molar-refractivity contribution is -0.490. The molecule has 9 heteroatoms. The van der Waals surface area contributed by atoms with Gasteiger partial charge in [0.2, 0.25) is 5.95 Å². The zero-order valence-corrected chi connectivity index (χ0v) is 13.0. The maximum Gasteiger partial charge on any atom is 0.281 e. The van der Waals surface area contributed by atoms with Crippen LogP contribution in [0.2, 0.25) is 0 Å². The summed E-state index contributed by atoms with van der Waals surface area (Å²) in [6, 6.07) is 0.182. The molecule has 2 aliphatic heterocycles. The smallest absolute Gasteiger partial charge is 0.281 e. The van der Waals surface area contributed by atoms with Crippen LogP contribution >= 0.6 is 11.8 Å². The summed E-state index contributed by atoms with van der Waals surface area (Å²) in [6.07, 6.45) is 7.40. The van der Waals surface area contributed by atoms with Gasteiger partial charge in [0.25, 0.3) is 11.0 Å². The van der Waals surface area contributed by atoms with Gasteiger partial charge in [-0.25, -0.2) is 18.9 Å². The van der Waals surface area contributed by atoms with E-state index in [9.17, 15) is 4.39 Å². The minimum atomic E-state index is -0.431. The molecule has 0 amide bonds. The molecule has 2 aliphatic rings. The molecule has 4 heterocycles. The number of nitrogens with two attached hydrogens (primary N) is 1. The standard InChI is InChI=1S/C14H14FN7S/c15-10-3-19-14(20-4-10)21-6-9-8-23-13(16)22(11(9)7-21)12-5-17-1-2-18-12/h1-5,9,11,16H,6-8H2/p+1/t9-,11-/m0/s1. The lowest BCUT2D eigenvalue weighted by atomic mass is 10.1. The molecule has 2 aromatic heterocycles. The summed E-state index contributed by atoms with van der Waals surface area (Å²) in [5.74, 6) is 2.20. The van der Waals surface area contributed by atoms with Crippen molar-refractivity contribution in [2.24, 2.45) is 11.7 Å². The van der Waals surface area contributed by atoms with E-state index in [1.807, 2.05) is 4.58 Å². The highest BCUT2D eigenvalue weighted by molar-refractivity contribution is 8.13. The Labute approximate surface area is 136 Å². The average molecular weight is 332 g/mol. The van der Waals surface area contributed by atoms with E-state index >= 15 is 0 Å². The van der Waals surface area contributed by atoms with Crippen LogP contribution < -0.4 is 10.6 Å². The molecule has 7 nitrogen and oxygen atoms in total. The van der Waals surface area contributed by atoms with Gasteiger partial charge in [-0.15, -0.1) is 4.98 Å². The number of aromatic nitrogens is 4. The van der Waals surface area contributed by atoms with Crippen molar-refractivity contribution < 1.29 is 8.97 Å². The molecular formula is C14H15FN7S+. The van der Waals surface area contributed by atoms with E-state index in [-0.39, 0.29) is 6.04 Å². The fourth-order valence-corrected chi connectivity index (χ4v) is 4.15. The minimum Gasteiger partial charge on any atom is -0.337 e. The van der Waals surface area contributed by atoms with Crippen LogP contribution in [0.1, 0.15) is 0 Å². The molecule has 4 rings (SSSR count). The summed E-state index contributed by atoms with van der Waals surface area (Å²) >= 11 is 1.62. The summed E-state index contributed by atoms with van der Waals surface area (Å²) in [4.78, 5) is 18.7. The highest BCUT2D eigenvalue weighted by Crippen LogP contribution is 2.32. The van der Waals surface area contributed by atoms with Crippen molar-refractivity contribution in [3.8, 4) is 0 Å². The maximum atomic E-state index is 13.0. The molecular weight excluding hydrogens is 317 g/mol. The van der Waals surface area contributed by atoms with Gasteiger partial charge >= 0.3 is 0 Å². The number of amidine groups is 1. The summed E-state index contributed by atoms with van der Waals surface area (Å²) in [5, 5.41) is 0.730. The molecule has 23 heavy (non-hydrogen) atoms. The topological polar surface area (TPSA) is 83.8 Å². The van der Waals surface area contributed by atoms with E-state index in [0.717, 1.165) is 23.3 Å². The second kappa shape index (κ2) is 5.73. The highest BCUT2D eigenvalue weighted by atomic mass is 32.2. The second-order valence-electron chi connectivity index (χ2n) is 5.52. The van der Waals surface area contributed by atoms with Crippen LogP contribution in [0.25, 0.3) is 0 Å². The average Bonchev–Trinajstić information content (AvgIpc) is 3.00. The lowest BCUT2D eigenvalue weighted by Gasteiger charge is -2.25. The highest BCUT2D eigenvalue weighted by Gasteiger charge is 2.43. The van der Waals surface area contributed by atoms with Gasteiger partial charge in [0, 0.05) is 18.2 Å². The van der Waals surface area contributed by atoms with Gasteiger partial charge in [-0.3, -0.25) is 4.98 Å². The second-order valence-corrected chi connectivity index (χ2v) is 6.56. The first kappa shape index (κ1) is 14.3. The largest absolute Gasteiger partial charge is 0.337 e. The van der Waals surface area contributed by atoms with Crippen molar-refractivity contribution in [1.29, 1.82) is 0 Å². The molecule has 0 spiro atoms. The third-order valence-corrected chi connectivity index (χ3v) is 5.19. The van der Waals surface area contributed by atoms with Crippen molar-refractivity contribution in [3.63, 3.8) is 0 Å². The third kappa shape index (κ3) is 2.61. The van der Waals surface area contributed by atoms with Crippen molar-refractivity contribution in [3.05, 3.63) is 36.8 Å². The lowest BCUT2D eigenvalue weighted by Crippen LogP contribution is -2.42. The Morgan fingerprint density at radius 2 is 2.00 bits per heavy atom. The van der Waals surface area contributed by atoms with Gasteiger partial charge < -0.3 is 10.6 Å². The van der Waals surface area contributed by atoms with Crippen LogP contribution in [0.3, 0.4) is 0 Å². The molecule has 2 N–H and O–H groups in total. The van der Waals surface area contributed by atoms with Crippen molar-refractivity contribution in [1.82, 2.24) is 19.9 Å². The molecule has 0 bridgehead atoms. The molecule has 0 unspecified atom stereocenters. The van der Waals surface area contributed by atoms with Crippen LogP contribution in [0, 0.1) is 11.7 Å². The summed E-state index contributed by atoms with van der Waals surface area (Å²) in [7, 11) is 0.